The molecule has 0 amide bonds. The number of hydrogen-bond acceptors (Lipinski definition) is 5. The maximum absolute atomic E-state index is 12.7. The van der Waals surface area contributed by atoms with Crippen LogP contribution in [0.25, 0.3) is 0 Å². The first kappa shape index (κ1) is 22.7. The molecule has 2 N–H and O–H groups in total. The fourth-order valence-corrected chi connectivity index (χ4v) is 3.42. The Kier molecular flexibility index (Phi) is 8.00. The van der Waals surface area contributed by atoms with Crippen molar-refractivity contribution in [2.24, 2.45) is 4.99 Å². The molecule has 0 atom stereocenters. The van der Waals surface area contributed by atoms with Crippen molar-refractivity contribution >= 4 is 11.8 Å². The summed E-state index contributed by atoms with van der Waals surface area (Å²) in [5, 5.41) is 6.43. The Labute approximate surface area is 182 Å². The van der Waals surface area contributed by atoms with Crippen LogP contribution in [0.3, 0.4) is 0 Å². The quantitative estimate of drug-likeness (QED) is 0.518. The van der Waals surface area contributed by atoms with Crippen LogP contribution in [0.5, 0.6) is 5.75 Å². The maximum Gasteiger partial charge on any atom is 0.387 e. The summed E-state index contributed by atoms with van der Waals surface area (Å²) in [5.41, 5.74) is 2.70. The van der Waals surface area contributed by atoms with Gasteiger partial charge in [0, 0.05) is 58.1 Å². The van der Waals surface area contributed by atoms with Gasteiger partial charge in [0.25, 0.3) is 0 Å². The van der Waals surface area contributed by atoms with Crippen LogP contribution in [0.1, 0.15) is 16.7 Å². The van der Waals surface area contributed by atoms with Crippen LogP contribution in [0.15, 0.2) is 41.5 Å². The fraction of sp³-hybridized carbons (Fsp3) is 0.455. The van der Waals surface area contributed by atoms with Crippen LogP contribution in [0.4, 0.5) is 14.6 Å². The van der Waals surface area contributed by atoms with Gasteiger partial charge in [-0.05, 0) is 37.7 Å². The standard InChI is InChI=1S/C22H30F2N6O/c1-16-4-5-19(31-21(23)24)18(12-16)15-28-22(25-2)27-14-17-6-7-26-20(13-17)30-10-8-29(3)9-11-30/h4-7,12-13,21H,8-11,14-15H2,1-3H3,(H2,25,27,28). The molecular formula is C22H30F2N6O. The molecule has 31 heavy (non-hydrogen) atoms. The first-order valence-corrected chi connectivity index (χ1v) is 10.3. The second kappa shape index (κ2) is 10.9. The molecule has 1 fully saturated rings. The molecule has 0 bridgehead atoms. The lowest BCUT2D eigenvalue weighted by Crippen LogP contribution is -2.44. The number of halogens is 2. The zero-order chi connectivity index (χ0) is 22.2. The van der Waals surface area contributed by atoms with Gasteiger partial charge in [0.1, 0.15) is 11.6 Å². The fourth-order valence-electron chi connectivity index (χ4n) is 3.42. The van der Waals surface area contributed by atoms with Gasteiger partial charge in [-0.3, -0.25) is 4.99 Å². The van der Waals surface area contributed by atoms with Crippen molar-refractivity contribution in [3.05, 3.63) is 53.2 Å². The Morgan fingerprint density at radius 1 is 1.13 bits per heavy atom. The molecular weight excluding hydrogens is 402 g/mol. The highest BCUT2D eigenvalue weighted by Gasteiger charge is 2.15. The third-order valence-corrected chi connectivity index (χ3v) is 5.20. The number of likely N-dealkylation sites (N-methyl/N-ethyl adjacent to an activating group) is 1. The third kappa shape index (κ3) is 6.78. The number of benzene rings is 1. The predicted octanol–water partition coefficient (Wildman–Crippen LogP) is 2.61. The second-order valence-corrected chi connectivity index (χ2v) is 7.58. The number of alkyl halides is 2. The number of aryl methyl sites for hydroxylation is 1. The molecule has 1 saturated heterocycles. The number of nitrogens with one attached hydrogen (secondary N) is 2. The first-order valence-electron chi connectivity index (χ1n) is 10.3. The van der Waals surface area contributed by atoms with Gasteiger partial charge in [-0.2, -0.15) is 8.78 Å². The van der Waals surface area contributed by atoms with Gasteiger partial charge in [-0.15, -0.1) is 0 Å². The largest absolute Gasteiger partial charge is 0.434 e. The predicted molar refractivity (Wildman–Crippen MR) is 119 cm³/mol. The molecule has 9 heteroatoms. The Hall–Kier alpha value is -2.94. The van der Waals surface area contributed by atoms with E-state index in [0.717, 1.165) is 43.1 Å². The molecule has 1 aromatic carbocycles. The SMILES string of the molecule is CN=C(NCc1ccnc(N2CCN(C)CC2)c1)NCc1cc(C)ccc1OC(F)F. The average Bonchev–Trinajstić information content (AvgIpc) is 2.76. The summed E-state index contributed by atoms with van der Waals surface area (Å²) in [6, 6.07) is 9.18. The number of pyridine rings is 1. The minimum Gasteiger partial charge on any atom is -0.434 e. The molecule has 1 aliphatic heterocycles. The van der Waals surface area contributed by atoms with Crippen LogP contribution in [-0.4, -0.2) is 62.7 Å². The van der Waals surface area contributed by atoms with E-state index in [-0.39, 0.29) is 5.75 Å². The number of rotatable bonds is 7. The number of hydrogen-bond donors (Lipinski definition) is 2. The van der Waals surface area contributed by atoms with E-state index in [1.165, 1.54) is 0 Å². The zero-order valence-corrected chi connectivity index (χ0v) is 18.2. The van der Waals surface area contributed by atoms with E-state index in [9.17, 15) is 8.78 Å². The number of aliphatic imine (C=N–C) groups is 1. The number of anilines is 1. The van der Waals surface area contributed by atoms with Gasteiger partial charge in [-0.25, -0.2) is 4.98 Å². The molecule has 1 aromatic heterocycles. The minimum absolute atomic E-state index is 0.162. The second-order valence-electron chi connectivity index (χ2n) is 7.58. The molecule has 1 aliphatic rings. The monoisotopic (exact) mass is 432 g/mol. The Morgan fingerprint density at radius 2 is 1.87 bits per heavy atom. The summed E-state index contributed by atoms with van der Waals surface area (Å²) in [6.07, 6.45) is 1.82. The number of aromatic nitrogens is 1. The molecule has 2 heterocycles. The van der Waals surface area contributed by atoms with Gasteiger partial charge in [-0.1, -0.05) is 17.7 Å². The maximum atomic E-state index is 12.7. The van der Waals surface area contributed by atoms with E-state index in [2.05, 4.69) is 48.3 Å². The van der Waals surface area contributed by atoms with E-state index in [0.29, 0.717) is 24.6 Å². The summed E-state index contributed by atoms with van der Waals surface area (Å²) in [6.45, 7) is 3.90. The van der Waals surface area contributed by atoms with E-state index >= 15 is 0 Å². The third-order valence-electron chi connectivity index (χ3n) is 5.20. The zero-order valence-electron chi connectivity index (χ0n) is 18.2. The normalized spacial score (nSPS) is 15.3. The molecule has 0 unspecified atom stereocenters. The van der Waals surface area contributed by atoms with Gasteiger partial charge in [0.05, 0.1) is 0 Å². The average molecular weight is 433 g/mol. The van der Waals surface area contributed by atoms with Crippen molar-refractivity contribution in [1.29, 1.82) is 0 Å². The smallest absolute Gasteiger partial charge is 0.387 e. The van der Waals surface area contributed by atoms with E-state index in [1.54, 1.807) is 19.2 Å². The Bertz CT molecular complexity index is 884. The number of ether oxygens (including phenoxy) is 1. The van der Waals surface area contributed by atoms with Crippen LogP contribution >= 0.6 is 0 Å². The van der Waals surface area contributed by atoms with Gasteiger partial charge >= 0.3 is 6.61 Å². The molecule has 168 valence electrons. The van der Waals surface area contributed by atoms with Crippen molar-refractivity contribution in [2.45, 2.75) is 26.6 Å². The van der Waals surface area contributed by atoms with Crippen molar-refractivity contribution < 1.29 is 13.5 Å². The highest BCUT2D eigenvalue weighted by molar-refractivity contribution is 5.79. The lowest BCUT2D eigenvalue weighted by Gasteiger charge is -2.33. The topological polar surface area (TPSA) is 65.0 Å². The number of guanidine groups is 1. The van der Waals surface area contributed by atoms with Crippen LogP contribution in [0.2, 0.25) is 0 Å². The number of piperazine rings is 1. The Balaban J connectivity index is 1.57. The van der Waals surface area contributed by atoms with Gasteiger partial charge in [0.15, 0.2) is 5.96 Å². The molecule has 0 aliphatic carbocycles. The molecule has 7 nitrogen and oxygen atoms in total. The first-order chi connectivity index (χ1) is 14.9. The van der Waals surface area contributed by atoms with Crippen LogP contribution < -0.4 is 20.3 Å². The summed E-state index contributed by atoms with van der Waals surface area (Å²) in [7, 11) is 3.80. The van der Waals surface area contributed by atoms with Crippen LogP contribution in [0, 0.1) is 6.92 Å². The summed E-state index contributed by atoms with van der Waals surface area (Å²) in [4.78, 5) is 13.3. The van der Waals surface area contributed by atoms with Crippen molar-refractivity contribution in [1.82, 2.24) is 20.5 Å². The minimum atomic E-state index is -2.86. The molecule has 0 spiro atoms. The number of nitrogens with zero attached hydrogens (tertiary/aromatic N) is 4. The summed E-state index contributed by atoms with van der Waals surface area (Å²) >= 11 is 0. The summed E-state index contributed by atoms with van der Waals surface area (Å²) in [5.74, 6) is 1.71. The lowest BCUT2D eigenvalue weighted by atomic mass is 10.1. The van der Waals surface area contributed by atoms with E-state index in [1.807, 2.05) is 25.3 Å². The van der Waals surface area contributed by atoms with E-state index in [4.69, 9.17) is 0 Å². The van der Waals surface area contributed by atoms with Gasteiger partial charge < -0.3 is 25.2 Å². The molecule has 2 aromatic rings. The Morgan fingerprint density at radius 3 is 2.58 bits per heavy atom. The molecule has 0 radical (unpaired) electrons. The summed E-state index contributed by atoms with van der Waals surface area (Å²) < 4.78 is 30.0. The molecule has 0 saturated carbocycles. The highest BCUT2D eigenvalue weighted by atomic mass is 19.3. The van der Waals surface area contributed by atoms with Crippen molar-refractivity contribution in [3.63, 3.8) is 0 Å². The highest BCUT2D eigenvalue weighted by Crippen LogP contribution is 2.22. The van der Waals surface area contributed by atoms with E-state index < -0.39 is 6.61 Å². The van der Waals surface area contributed by atoms with Crippen LogP contribution in [-0.2, 0) is 13.1 Å². The lowest BCUT2D eigenvalue weighted by molar-refractivity contribution is -0.0504. The molecule has 3 rings (SSSR count). The van der Waals surface area contributed by atoms with Gasteiger partial charge in [0.2, 0.25) is 0 Å². The van der Waals surface area contributed by atoms with Crippen molar-refractivity contribution in [2.75, 3.05) is 45.2 Å². The van der Waals surface area contributed by atoms with Crippen molar-refractivity contribution in [3.8, 4) is 5.75 Å².